The van der Waals surface area contributed by atoms with Crippen LogP contribution in [0.25, 0.3) is 16.7 Å². The number of rotatable bonds is 4. The van der Waals surface area contributed by atoms with Crippen molar-refractivity contribution in [2.45, 2.75) is 39.1 Å². The fourth-order valence-electron chi connectivity index (χ4n) is 4.41. The molecule has 1 aromatic carbocycles. The van der Waals surface area contributed by atoms with Crippen molar-refractivity contribution in [1.29, 1.82) is 0 Å². The van der Waals surface area contributed by atoms with Crippen molar-refractivity contribution >= 4 is 16.7 Å². The predicted molar refractivity (Wildman–Crippen MR) is 113 cm³/mol. The Bertz CT molecular complexity index is 1410. The molecule has 0 radical (unpaired) electrons. The summed E-state index contributed by atoms with van der Waals surface area (Å²) in [7, 11) is 0. The molecule has 8 nitrogen and oxygen atoms in total. The first-order valence-electron chi connectivity index (χ1n) is 10.5. The number of hydrogen-bond acceptors (Lipinski definition) is 6. The molecule has 33 heavy (non-hydrogen) atoms. The van der Waals surface area contributed by atoms with Gasteiger partial charge in [-0.15, -0.1) is 0 Å². The molecule has 1 aliphatic rings. The molecule has 0 spiro atoms. The van der Waals surface area contributed by atoms with Crippen molar-refractivity contribution in [2.75, 3.05) is 13.1 Å². The molecule has 1 fully saturated rings. The number of pyridine rings is 1. The summed E-state index contributed by atoms with van der Waals surface area (Å²) in [5.41, 5.74) is 0.666. The Morgan fingerprint density at radius 2 is 1.70 bits per heavy atom. The number of benzene rings is 1. The molecule has 0 saturated carbocycles. The van der Waals surface area contributed by atoms with Crippen molar-refractivity contribution < 1.29 is 17.9 Å². The molecule has 172 valence electrons. The highest BCUT2D eigenvalue weighted by molar-refractivity contribution is 5.89. The van der Waals surface area contributed by atoms with E-state index in [2.05, 4.69) is 20.0 Å². The quantitative estimate of drug-likeness (QED) is 0.438. The molecule has 3 aromatic heterocycles. The highest BCUT2D eigenvalue weighted by Gasteiger charge is 2.23. The van der Waals surface area contributed by atoms with Gasteiger partial charge < -0.3 is 4.74 Å². The van der Waals surface area contributed by atoms with Crippen molar-refractivity contribution in [3.63, 3.8) is 0 Å². The fourth-order valence-corrected chi connectivity index (χ4v) is 4.41. The van der Waals surface area contributed by atoms with Gasteiger partial charge >= 0.3 is 5.69 Å². The van der Waals surface area contributed by atoms with Crippen molar-refractivity contribution in [3.05, 3.63) is 69.8 Å². The Hall–Kier alpha value is -3.31. The van der Waals surface area contributed by atoms with E-state index in [0.29, 0.717) is 23.6 Å². The topological polar surface area (TPSA) is 77.6 Å². The summed E-state index contributed by atoms with van der Waals surface area (Å²) >= 11 is 0. The number of ether oxygens (including phenoxy) is 1. The van der Waals surface area contributed by atoms with Crippen molar-refractivity contribution in [2.24, 2.45) is 0 Å². The van der Waals surface area contributed by atoms with Gasteiger partial charge in [-0.25, -0.2) is 27.9 Å². The summed E-state index contributed by atoms with van der Waals surface area (Å²) in [6, 6.07) is 3.07. The zero-order valence-electron chi connectivity index (χ0n) is 18.0. The van der Waals surface area contributed by atoms with Gasteiger partial charge in [-0.1, -0.05) is 0 Å². The minimum Gasteiger partial charge on any atom is -0.373 e. The molecule has 1 saturated heterocycles. The molecule has 0 aliphatic carbocycles. The second kappa shape index (κ2) is 8.23. The lowest BCUT2D eigenvalue weighted by molar-refractivity contribution is -0.0705. The molecule has 2 atom stereocenters. The monoisotopic (exact) mass is 458 g/mol. The van der Waals surface area contributed by atoms with Crippen LogP contribution < -0.4 is 5.69 Å². The Kier molecular flexibility index (Phi) is 5.37. The molecule has 5 rings (SSSR count). The summed E-state index contributed by atoms with van der Waals surface area (Å²) in [5.74, 6) is -3.45. The summed E-state index contributed by atoms with van der Waals surface area (Å²) in [6.45, 7) is 5.88. The zero-order chi connectivity index (χ0) is 23.3. The molecular formula is C22H21F3N6O2. The maximum atomic E-state index is 14.3. The van der Waals surface area contributed by atoms with Crippen LogP contribution in [0.4, 0.5) is 13.2 Å². The van der Waals surface area contributed by atoms with E-state index >= 15 is 0 Å². The van der Waals surface area contributed by atoms with Crippen LogP contribution >= 0.6 is 0 Å². The van der Waals surface area contributed by atoms with Gasteiger partial charge in [0, 0.05) is 37.5 Å². The maximum Gasteiger partial charge on any atom is 0.352 e. The summed E-state index contributed by atoms with van der Waals surface area (Å²) in [6.07, 6.45) is 3.12. The van der Waals surface area contributed by atoms with Crippen molar-refractivity contribution in [1.82, 2.24) is 29.0 Å². The number of fused-ring (bicyclic) bond motifs is 3. The average molecular weight is 458 g/mol. The van der Waals surface area contributed by atoms with Gasteiger partial charge in [0.15, 0.2) is 17.3 Å². The van der Waals surface area contributed by atoms with Gasteiger partial charge in [-0.2, -0.15) is 9.61 Å². The van der Waals surface area contributed by atoms with E-state index in [9.17, 15) is 18.0 Å². The lowest BCUT2D eigenvalue weighted by Gasteiger charge is -2.35. The second-order valence-corrected chi connectivity index (χ2v) is 8.39. The summed E-state index contributed by atoms with van der Waals surface area (Å²) in [5, 5.41) is 4.52. The first kappa shape index (κ1) is 21.5. The van der Waals surface area contributed by atoms with E-state index in [1.165, 1.54) is 10.9 Å². The normalized spacial score (nSPS) is 19.5. The molecule has 0 unspecified atom stereocenters. The zero-order valence-corrected chi connectivity index (χ0v) is 18.0. The first-order valence-corrected chi connectivity index (χ1v) is 10.5. The molecule has 0 amide bonds. The average Bonchev–Trinajstić information content (AvgIpc) is 3.24. The minimum absolute atomic E-state index is 0.113. The molecular weight excluding hydrogens is 437 g/mol. The highest BCUT2D eigenvalue weighted by atomic mass is 19.2. The predicted octanol–water partition coefficient (Wildman–Crippen LogP) is 2.51. The number of halogens is 3. The Morgan fingerprint density at radius 1 is 0.970 bits per heavy atom. The first-order chi connectivity index (χ1) is 15.8. The van der Waals surface area contributed by atoms with Crippen LogP contribution in [0, 0.1) is 17.5 Å². The number of hydrogen-bond donors (Lipinski definition) is 0. The fraction of sp³-hybridized carbons (Fsp3) is 0.364. The van der Waals surface area contributed by atoms with E-state index in [0.717, 1.165) is 29.2 Å². The third-order valence-electron chi connectivity index (χ3n) is 5.70. The second-order valence-electron chi connectivity index (χ2n) is 8.39. The Labute approximate surface area is 186 Å². The highest BCUT2D eigenvalue weighted by Crippen LogP contribution is 2.21. The Morgan fingerprint density at radius 3 is 2.45 bits per heavy atom. The van der Waals surface area contributed by atoms with Crippen LogP contribution in [0.15, 0.2) is 35.5 Å². The number of morpholine rings is 1. The molecule has 0 N–H and O–H groups in total. The number of nitrogens with zero attached hydrogens (tertiary/aromatic N) is 6. The van der Waals surface area contributed by atoms with Crippen LogP contribution in [0.2, 0.25) is 0 Å². The van der Waals surface area contributed by atoms with E-state index in [1.54, 1.807) is 6.20 Å². The lowest BCUT2D eigenvalue weighted by Crippen LogP contribution is -2.44. The van der Waals surface area contributed by atoms with Gasteiger partial charge in [-0.3, -0.25) is 9.47 Å². The molecule has 1 aliphatic heterocycles. The van der Waals surface area contributed by atoms with E-state index < -0.39 is 23.1 Å². The molecule has 11 heteroatoms. The van der Waals surface area contributed by atoms with E-state index in [-0.39, 0.29) is 30.0 Å². The Balaban J connectivity index is 1.59. The number of aromatic nitrogens is 5. The molecule has 0 bridgehead atoms. The maximum absolute atomic E-state index is 14.3. The summed E-state index contributed by atoms with van der Waals surface area (Å²) < 4.78 is 49.4. The van der Waals surface area contributed by atoms with Crippen LogP contribution in [-0.2, 0) is 17.8 Å². The lowest BCUT2D eigenvalue weighted by atomic mass is 10.1. The van der Waals surface area contributed by atoms with Crippen molar-refractivity contribution in [3.8, 4) is 0 Å². The standard InChI is InChI=1S/C22H21F3N6O2/c1-12-7-29(8-13(2)33-12)9-14-3-16-20(26-6-14)30(22(32)31-21(16)27-11-28-31)10-15-4-18(24)19(25)5-17(15)23/h3-6,11-13H,7-10H2,1-2H3/t12-,13+. The van der Waals surface area contributed by atoms with Crippen LogP contribution in [0.5, 0.6) is 0 Å². The SMILES string of the molecule is C[C@@H]1CN(Cc2cnc3c(c2)c2ncnn2c(=O)n3Cc2cc(F)c(F)cc2F)C[C@H](C)O1. The third kappa shape index (κ3) is 3.98. The third-order valence-corrected chi connectivity index (χ3v) is 5.70. The van der Waals surface area contributed by atoms with Gasteiger partial charge in [-0.05, 0) is 31.5 Å². The molecule has 4 heterocycles. The van der Waals surface area contributed by atoms with Gasteiger partial charge in [0.25, 0.3) is 0 Å². The van der Waals surface area contributed by atoms with Gasteiger partial charge in [0.2, 0.25) is 0 Å². The molecule has 4 aromatic rings. The van der Waals surface area contributed by atoms with E-state index in [1.807, 2.05) is 19.9 Å². The minimum atomic E-state index is -1.30. The van der Waals surface area contributed by atoms with Crippen LogP contribution in [-0.4, -0.2) is 54.3 Å². The smallest absolute Gasteiger partial charge is 0.352 e. The van der Waals surface area contributed by atoms with Crippen LogP contribution in [0.3, 0.4) is 0 Å². The summed E-state index contributed by atoms with van der Waals surface area (Å²) in [4.78, 5) is 23.9. The van der Waals surface area contributed by atoms with E-state index in [4.69, 9.17) is 4.74 Å². The van der Waals surface area contributed by atoms with Gasteiger partial charge in [0.05, 0.1) is 24.1 Å². The van der Waals surface area contributed by atoms with Crippen LogP contribution in [0.1, 0.15) is 25.0 Å². The largest absolute Gasteiger partial charge is 0.373 e. The van der Waals surface area contributed by atoms with Gasteiger partial charge in [0.1, 0.15) is 17.8 Å².